The first kappa shape index (κ1) is 18.5. The van der Waals surface area contributed by atoms with E-state index in [9.17, 15) is 22.8 Å². The van der Waals surface area contributed by atoms with Crippen molar-refractivity contribution in [1.82, 2.24) is 4.90 Å². The number of carbonyl (C=O) groups is 2. The highest BCUT2D eigenvalue weighted by atomic mass is 19.4. The summed E-state index contributed by atoms with van der Waals surface area (Å²) >= 11 is 0. The zero-order valence-electron chi connectivity index (χ0n) is 13.1. The van der Waals surface area contributed by atoms with Gasteiger partial charge in [-0.2, -0.15) is 13.2 Å². The fourth-order valence-corrected chi connectivity index (χ4v) is 2.49. The molecule has 0 aliphatic carbocycles. The third kappa shape index (κ3) is 4.82. The summed E-state index contributed by atoms with van der Waals surface area (Å²) in [6.45, 7) is -0.553. The van der Waals surface area contributed by atoms with Crippen LogP contribution in [-0.4, -0.2) is 34.6 Å². The van der Waals surface area contributed by atoms with Gasteiger partial charge >= 0.3 is 12.1 Å². The fourth-order valence-electron chi connectivity index (χ4n) is 2.49. The van der Waals surface area contributed by atoms with Crippen molar-refractivity contribution in [2.75, 3.05) is 6.54 Å². The van der Waals surface area contributed by atoms with E-state index in [4.69, 9.17) is 5.11 Å². The third-order valence-corrected chi connectivity index (χ3v) is 3.59. The van der Waals surface area contributed by atoms with Crippen LogP contribution in [0.15, 0.2) is 60.7 Å². The molecule has 0 aliphatic rings. The normalized spacial score (nSPS) is 12.4. The summed E-state index contributed by atoms with van der Waals surface area (Å²) in [5, 5.41) is 8.85. The molecule has 0 aliphatic heterocycles. The van der Waals surface area contributed by atoms with Gasteiger partial charge in [0.25, 0.3) is 5.91 Å². The lowest BCUT2D eigenvalue weighted by Crippen LogP contribution is -2.43. The molecular weight excluding hydrogens is 335 g/mol. The molecule has 0 saturated carbocycles. The average Bonchev–Trinajstić information content (AvgIpc) is 2.58. The Labute approximate surface area is 142 Å². The second-order valence-electron chi connectivity index (χ2n) is 5.36. The molecule has 1 atom stereocenters. The number of alkyl halides is 3. The maximum Gasteiger partial charge on any atom is 0.413 e. The number of hydrogen-bond donors (Lipinski definition) is 1. The van der Waals surface area contributed by atoms with Gasteiger partial charge in [0.15, 0.2) is 6.04 Å². The van der Waals surface area contributed by atoms with Gasteiger partial charge in [0, 0.05) is 12.1 Å². The van der Waals surface area contributed by atoms with Gasteiger partial charge < -0.3 is 10.0 Å². The van der Waals surface area contributed by atoms with Crippen molar-refractivity contribution in [2.24, 2.45) is 0 Å². The van der Waals surface area contributed by atoms with Crippen LogP contribution in [-0.2, 0) is 4.79 Å². The van der Waals surface area contributed by atoms with Crippen LogP contribution in [0.2, 0.25) is 0 Å². The van der Waals surface area contributed by atoms with Gasteiger partial charge in [-0.1, -0.05) is 48.5 Å². The van der Waals surface area contributed by atoms with Crippen LogP contribution in [0.1, 0.15) is 28.4 Å². The van der Waals surface area contributed by atoms with E-state index in [1.165, 1.54) is 48.5 Å². The van der Waals surface area contributed by atoms with Crippen molar-refractivity contribution in [3.05, 3.63) is 71.8 Å². The lowest BCUT2D eigenvalue weighted by Gasteiger charge is -2.33. The predicted molar refractivity (Wildman–Crippen MR) is 85.0 cm³/mol. The second kappa shape index (κ2) is 7.83. The lowest BCUT2D eigenvalue weighted by atomic mass is 10.0. The fraction of sp³-hybridized carbons (Fsp3) is 0.222. The number of nitrogens with zero attached hydrogens (tertiary/aromatic N) is 1. The summed E-state index contributed by atoms with van der Waals surface area (Å²) in [5.41, 5.74) is -0.0530. The molecule has 1 amide bonds. The van der Waals surface area contributed by atoms with Crippen LogP contribution in [0.3, 0.4) is 0 Å². The first-order valence-corrected chi connectivity index (χ1v) is 7.50. The van der Waals surface area contributed by atoms with Crippen molar-refractivity contribution in [2.45, 2.75) is 18.6 Å². The first-order valence-electron chi connectivity index (χ1n) is 7.50. The number of halogens is 3. The van der Waals surface area contributed by atoms with Crippen LogP contribution < -0.4 is 0 Å². The molecule has 1 N–H and O–H groups in total. The molecule has 0 spiro atoms. The van der Waals surface area contributed by atoms with Crippen LogP contribution in [0, 0.1) is 0 Å². The molecule has 0 fully saturated rings. The summed E-state index contributed by atoms with van der Waals surface area (Å²) in [4.78, 5) is 24.1. The van der Waals surface area contributed by atoms with E-state index in [0.717, 1.165) is 0 Å². The summed E-state index contributed by atoms with van der Waals surface area (Å²) in [6, 6.07) is 12.3. The number of rotatable bonds is 6. The molecule has 0 bridgehead atoms. The Bertz CT molecular complexity index is 717. The second-order valence-corrected chi connectivity index (χ2v) is 5.36. The van der Waals surface area contributed by atoms with Gasteiger partial charge in [0.05, 0.1) is 6.42 Å². The SMILES string of the molecule is O=C(O)CCN(C(=O)c1ccccc1)C(c1ccccc1)C(F)(F)F. The number of carbonyl (C=O) groups excluding carboxylic acids is 1. The number of benzene rings is 2. The first-order chi connectivity index (χ1) is 11.8. The van der Waals surface area contributed by atoms with E-state index in [2.05, 4.69) is 0 Å². The Balaban J connectivity index is 2.46. The molecule has 132 valence electrons. The van der Waals surface area contributed by atoms with Crippen molar-refractivity contribution >= 4 is 11.9 Å². The zero-order chi connectivity index (χ0) is 18.4. The number of carboxylic acids is 1. The summed E-state index contributed by atoms with van der Waals surface area (Å²) < 4.78 is 41.1. The van der Waals surface area contributed by atoms with Crippen LogP contribution in [0.4, 0.5) is 13.2 Å². The van der Waals surface area contributed by atoms with Crippen molar-refractivity contribution in [3.8, 4) is 0 Å². The molecule has 7 heteroatoms. The maximum absolute atomic E-state index is 13.7. The van der Waals surface area contributed by atoms with E-state index >= 15 is 0 Å². The van der Waals surface area contributed by atoms with E-state index in [-0.39, 0.29) is 11.1 Å². The molecule has 0 radical (unpaired) electrons. The minimum Gasteiger partial charge on any atom is -0.481 e. The Morgan fingerprint density at radius 3 is 1.96 bits per heavy atom. The molecule has 2 rings (SSSR count). The molecule has 0 aromatic heterocycles. The van der Waals surface area contributed by atoms with Gasteiger partial charge in [0.1, 0.15) is 0 Å². The molecule has 2 aromatic carbocycles. The number of amides is 1. The van der Waals surface area contributed by atoms with E-state index < -0.39 is 37.1 Å². The summed E-state index contributed by atoms with van der Waals surface area (Å²) in [6.07, 6.45) is -5.33. The van der Waals surface area contributed by atoms with E-state index in [1.54, 1.807) is 12.1 Å². The molecule has 1 unspecified atom stereocenters. The lowest BCUT2D eigenvalue weighted by molar-refractivity contribution is -0.180. The number of hydrogen-bond acceptors (Lipinski definition) is 2. The predicted octanol–water partition coefficient (Wildman–Crippen LogP) is 3.91. The van der Waals surface area contributed by atoms with Crippen LogP contribution in [0.5, 0.6) is 0 Å². The average molecular weight is 351 g/mol. The zero-order valence-corrected chi connectivity index (χ0v) is 13.1. The van der Waals surface area contributed by atoms with Crippen LogP contribution >= 0.6 is 0 Å². The van der Waals surface area contributed by atoms with Crippen molar-refractivity contribution < 1.29 is 27.9 Å². The Morgan fingerprint density at radius 1 is 0.960 bits per heavy atom. The Hall–Kier alpha value is -2.83. The highest BCUT2D eigenvalue weighted by molar-refractivity contribution is 5.94. The maximum atomic E-state index is 13.7. The minimum atomic E-state index is -4.75. The van der Waals surface area contributed by atoms with Crippen molar-refractivity contribution in [3.63, 3.8) is 0 Å². The highest BCUT2D eigenvalue weighted by Gasteiger charge is 2.46. The molecule has 0 heterocycles. The van der Waals surface area contributed by atoms with E-state index in [1.807, 2.05) is 0 Å². The molecule has 0 saturated heterocycles. The topological polar surface area (TPSA) is 57.6 Å². The van der Waals surface area contributed by atoms with Crippen molar-refractivity contribution in [1.29, 1.82) is 0 Å². The summed E-state index contributed by atoms with van der Waals surface area (Å²) in [5.74, 6) is -2.15. The highest BCUT2D eigenvalue weighted by Crippen LogP contribution is 2.38. The quantitative estimate of drug-likeness (QED) is 0.859. The van der Waals surface area contributed by atoms with Gasteiger partial charge in [-0.05, 0) is 17.7 Å². The largest absolute Gasteiger partial charge is 0.481 e. The molecule has 25 heavy (non-hydrogen) atoms. The molecular formula is C18H16F3NO3. The smallest absolute Gasteiger partial charge is 0.413 e. The number of carboxylic acid groups (broad SMARTS) is 1. The Kier molecular flexibility index (Phi) is 5.80. The summed E-state index contributed by atoms with van der Waals surface area (Å²) in [7, 11) is 0. The molecule has 2 aromatic rings. The van der Waals surface area contributed by atoms with Gasteiger partial charge in [-0.25, -0.2) is 0 Å². The van der Waals surface area contributed by atoms with E-state index in [0.29, 0.717) is 4.90 Å². The standard InChI is InChI=1S/C18H16F3NO3/c19-18(20,21)16(13-7-3-1-4-8-13)22(12-11-15(23)24)17(25)14-9-5-2-6-10-14/h1-10,16H,11-12H2,(H,23,24). The minimum absolute atomic E-state index is 0.0677. The number of aliphatic carboxylic acids is 1. The Morgan fingerprint density at radius 2 is 1.48 bits per heavy atom. The third-order valence-electron chi connectivity index (χ3n) is 3.59. The van der Waals surface area contributed by atoms with Gasteiger partial charge in [0.2, 0.25) is 0 Å². The van der Waals surface area contributed by atoms with Gasteiger partial charge in [-0.15, -0.1) is 0 Å². The van der Waals surface area contributed by atoms with Crippen LogP contribution in [0.25, 0.3) is 0 Å². The monoisotopic (exact) mass is 351 g/mol. The molecule has 4 nitrogen and oxygen atoms in total. The van der Waals surface area contributed by atoms with Gasteiger partial charge in [-0.3, -0.25) is 9.59 Å².